The van der Waals surface area contributed by atoms with Crippen LogP contribution in [0, 0.1) is 29.1 Å². The first-order chi connectivity index (χ1) is 9.77. The molecular weight excluding hydrogens is 299 g/mol. The fraction of sp³-hybridized carbons (Fsp3) is 0.417. The first-order valence-corrected chi connectivity index (χ1v) is 5.94. The third-order valence-corrected chi connectivity index (χ3v) is 3.39. The molecule has 2 rings (SSSR count). The zero-order chi connectivity index (χ0) is 15.9. The number of halogens is 5. The largest absolute Gasteiger partial charge is 0.390 e. The van der Waals surface area contributed by atoms with Crippen molar-refractivity contribution in [2.75, 3.05) is 20.1 Å². The summed E-state index contributed by atoms with van der Waals surface area (Å²) < 4.78 is 66.2. The Bertz CT molecular complexity index is 566. The Hall–Kier alpha value is -1.74. The van der Waals surface area contributed by atoms with Crippen LogP contribution in [-0.4, -0.2) is 48.2 Å². The van der Waals surface area contributed by atoms with Crippen molar-refractivity contribution < 1.29 is 31.9 Å². The molecule has 1 aliphatic rings. The fourth-order valence-corrected chi connectivity index (χ4v) is 2.17. The smallest absolute Gasteiger partial charge is 0.260 e. The topological polar surface area (TPSA) is 52.6 Å². The van der Waals surface area contributed by atoms with Crippen molar-refractivity contribution in [3.63, 3.8) is 0 Å². The highest BCUT2D eigenvalue weighted by Crippen LogP contribution is 2.25. The first-order valence-electron chi connectivity index (χ1n) is 5.94. The predicted molar refractivity (Wildman–Crippen MR) is 61.0 cm³/mol. The number of β-amino-alcohol motifs (C(OH)–C–C–N with tert-alkyl or cyclic N) is 1. The molecule has 9 heteroatoms. The van der Waals surface area contributed by atoms with Gasteiger partial charge >= 0.3 is 0 Å². The van der Waals surface area contributed by atoms with Crippen molar-refractivity contribution in [3.05, 3.63) is 34.6 Å². The lowest BCUT2D eigenvalue weighted by Crippen LogP contribution is -2.45. The van der Waals surface area contributed by atoms with Gasteiger partial charge in [-0.1, -0.05) is 0 Å². The van der Waals surface area contributed by atoms with Gasteiger partial charge in [0.2, 0.25) is 5.82 Å². The molecule has 0 radical (unpaired) electrons. The highest BCUT2D eigenvalue weighted by molar-refractivity contribution is 5.95. The van der Waals surface area contributed by atoms with Gasteiger partial charge in [-0.05, 0) is 0 Å². The van der Waals surface area contributed by atoms with Gasteiger partial charge in [0, 0.05) is 20.1 Å². The van der Waals surface area contributed by atoms with Crippen LogP contribution in [0.25, 0.3) is 0 Å². The number of benzene rings is 1. The molecule has 0 aromatic heterocycles. The van der Waals surface area contributed by atoms with Crippen LogP contribution >= 0.6 is 0 Å². The van der Waals surface area contributed by atoms with Gasteiger partial charge in [0.1, 0.15) is 5.56 Å². The summed E-state index contributed by atoms with van der Waals surface area (Å²) in [6.07, 6.45) is -1.000. The van der Waals surface area contributed by atoms with Crippen LogP contribution in [0.5, 0.6) is 0 Å². The van der Waals surface area contributed by atoms with E-state index < -0.39 is 52.7 Å². The van der Waals surface area contributed by atoms with Crippen molar-refractivity contribution in [2.24, 2.45) is 0 Å². The lowest BCUT2D eigenvalue weighted by molar-refractivity contribution is 0.0569. The number of carbonyl (C=O) groups is 1. The van der Waals surface area contributed by atoms with E-state index in [2.05, 4.69) is 5.32 Å². The Labute approximate surface area is 116 Å². The number of hydrogen-bond acceptors (Lipinski definition) is 3. The Morgan fingerprint density at radius 1 is 1.05 bits per heavy atom. The van der Waals surface area contributed by atoms with E-state index in [1.807, 2.05) is 0 Å². The van der Waals surface area contributed by atoms with Crippen LogP contribution in [0.2, 0.25) is 0 Å². The number of carbonyl (C=O) groups excluding carboxylic acids is 1. The zero-order valence-corrected chi connectivity index (χ0v) is 10.8. The lowest BCUT2D eigenvalue weighted by atomic mass is 10.1. The molecule has 0 aliphatic carbocycles. The lowest BCUT2D eigenvalue weighted by Gasteiger charge is -2.26. The van der Waals surface area contributed by atoms with Crippen molar-refractivity contribution in [2.45, 2.75) is 12.1 Å². The first kappa shape index (κ1) is 15.6. The Kier molecular flexibility index (Phi) is 4.15. The minimum Gasteiger partial charge on any atom is -0.390 e. The van der Waals surface area contributed by atoms with Crippen LogP contribution in [0.4, 0.5) is 22.0 Å². The zero-order valence-electron chi connectivity index (χ0n) is 10.8. The van der Waals surface area contributed by atoms with Crippen molar-refractivity contribution >= 4 is 5.91 Å². The van der Waals surface area contributed by atoms with E-state index in [9.17, 15) is 31.9 Å². The number of amides is 1. The summed E-state index contributed by atoms with van der Waals surface area (Å²) >= 11 is 0. The molecule has 1 aliphatic heterocycles. The summed E-state index contributed by atoms with van der Waals surface area (Å²) in [7, 11) is 1.11. The molecule has 21 heavy (non-hydrogen) atoms. The minimum atomic E-state index is -2.33. The summed E-state index contributed by atoms with van der Waals surface area (Å²) in [5.41, 5.74) is -1.53. The quantitative estimate of drug-likeness (QED) is 0.482. The third-order valence-electron chi connectivity index (χ3n) is 3.39. The fourth-order valence-electron chi connectivity index (χ4n) is 2.17. The summed E-state index contributed by atoms with van der Waals surface area (Å²) in [6.45, 7) is 0.290. The summed E-state index contributed by atoms with van der Waals surface area (Å²) in [5.74, 6) is -12.5. The van der Waals surface area contributed by atoms with E-state index in [-0.39, 0.29) is 13.1 Å². The molecule has 1 amide bonds. The number of likely N-dealkylation sites (N-methyl/N-ethyl adjacent to an activating group) is 1. The standard InChI is InChI=1S/C12H11F5N2O2/c1-19(4-2-18-3-5(4)20)12(21)6-7(13)9(15)11(17)10(16)8(6)14/h4-5,18,20H,2-3H2,1H3/t4-,5-/m0/s1. The molecule has 0 saturated carbocycles. The second-order valence-corrected chi connectivity index (χ2v) is 4.65. The molecule has 116 valence electrons. The summed E-state index contributed by atoms with van der Waals surface area (Å²) in [6, 6.07) is -0.826. The van der Waals surface area contributed by atoms with E-state index in [0.29, 0.717) is 0 Å². The molecule has 1 saturated heterocycles. The Balaban J connectivity index is 2.44. The van der Waals surface area contributed by atoms with Crippen molar-refractivity contribution in [1.82, 2.24) is 10.2 Å². The molecule has 4 nitrogen and oxygen atoms in total. The molecule has 0 bridgehead atoms. The van der Waals surface area contributed by atoms with E-state index in [1.54, 1.807) is 0 Å². The molecule has 0 spiro atoms. The van der Waals surface area contributed by atoms with Gasteiger partial charge in [0.25, 0.3) is 5.91 Å². The second-order valence-electron chi connectivity index (χ2n) is 4.65. The van der Waals surface area contributed by atoms with Crippen LogP contribution in [0.15, 0.2) is 0 Å². The number of hydrogen-bond donors (Lipinski definition) is 2. The second kappa shape index (κ2) is 5.57. The molecule has 1 heterocycles. The Morgan fingerprint density at radius 3 is 1.95 bits per heavy atom. The number of rotatable bonds is 2. The number of aliphatic hydroxyl groups is 1. The number of aliphatic hydroxyl groups excluding tert-OH is 1. The highest BCUT2D eigenvalue weighted by atomic mass is 19.2. The molecule has 1 fully saturated rings. The summed E-state index contributed by atoms with van der Waals surface area (Å²) in [4.78, 5) is 12.7. The molecule has 1 aromatic rings. The van der Waals surface area contributed by atoms with Gasteiger partial charge < -0.3 is 15.3 Å². The molecule has 2 N–H and O–H groups in total. The van der Waals surface area contributed by atoms with E-state index in [4.69, 9.17) is 0 Å². The number of nitrogens with one attached hydrogen (secondary N) is 1. The SMILES string of the molecule is CN(C(=O)c1c(F)c(F)c(F)c(F)c1F)[C@H]1CNC[C@@H]1O. The molecule has 0 unspecified atom stereocenters. The third kappa shape index (κ3) is 2.46. The average Bonchev–Trinajstić information content (AvgIpc) is 2.88. The van der Waals surface area contributed by atoms with E-state index in [0.717, 1.165) is 11.9 Å². The molecular formula is C12H11F5N2O2. The normalized spacial score (nSPS) is 21.7. The van der Waals surface area contributed by atoms with Crippen LogP contribution < -0.4 is 5.32 Å². The maximum absolute atomic E-state index is 13.6. The van der Waals surface area contributed by atoms with Crippen LogP contribution in [-0.2, 0) is 0 Å². The van der Waals surface area contributed by atoms with E-state index >= 15 is 0 Å². The van der Waals surface area contributed by atoms with Gasteiger partial charge in [-0.25, -0.2) is 22.0 Å². The van der Waals surface area contributed by atoms with Crippen LogP contribution in [0.1, 0.15) is 10.4 Å². The molecule has 1 aromatic carbocycles. The maximum Gasteiger partial charge on any atom is 0.260 e. The summed E-state index contributed by atoms with van der Waals surface area (Å²) in [5, 5.41) is 12.3. The van der Waals surface area contributed by atoms with Gasteiger partial charge in [-0.15, -0.1) is 0 Å². The monoisotopic (exact) mass is 310 g/mol. The predicted octanol–water partition coefficient (Wildman–Crippen LogP) is 0.787. The van der Waals surface area contributed by atoms with Gasteiger partial charge in [-0.3, -0.25) is 4.79 Å². The van der Waals surface area contributed by atoms with Crippen LogP contribution in [0.3, 0.4) is 0 Å². The van der Waals surface area contributed by atoms with E-state index in [1.165, 1.54) is 0 Å². The highest BCUT2D eigenvalue weighted by Gasteiger charge is 2.36. The van der Waals surface area contributed by atoms with Gasteiger partial charge in [0.15, 0.2) is 23.3 Å². The van der Waals surface area contributed by atoms with Gasteiger partial charge in [0.05, 0.1) is 12.1 Å². The van der Waals surface area contributed by atoms with Crippen molar-refractivity contribution in [1.29, 1.82) is 0 Å². The molecule has 2 atom stereocenters. The number of nitrogens with zero attached hydrogens (tertiary/aromatic N) is 1. The van der Waals surface area contributed by atoms with Gasteiger partial charge in [-0.2, -0.15) is 0 Å². The van der Waals surface area contributed by atoms with Crippen molar-refractivity contribution in [3.8, 4) is 0 Å². The minimum absolute atomic E-state index is 0.138. The Morgan fingerprint density at radius 2 is 1.52 bits per heavy atom. The average molecular weight is 310 g/mol. The maximum atomic E-state index is 13.6.